The van der Waals surface area contributed by atoms with Crippen molar-refractivity contribution in [3.8, 4) is 23.2 Å². The summed E-state index contributed by atoms with van der Waals surface area (Å²) in [5, 5.41) is 22.5. The Morgan fingerprint density at radius 1 is 1.07 bits per heavy atom. The first-order valence-electron chi connectivity index (χ1n) is 18.9. The second-order valence-corrected chi connectivity index (χ2v) is 18.3. The molecule has 7 rings (SSSR count). The Bertz CT molecular complexity index is 2370. The number of hydrogen-bond acceptors (Lipinski definition) is 12. The number of halogens is 5. The number of aliphatic hydroxyl groups is 1. The second-order valence-electron chi connectivity index (χ2n) is 17.2. The molecule has 4 aromatic rings. The molecule has 2 N–H and O–H groups in total. The molecule has 0 aliphatic carbocycles. The van der Waals surface area contributed by atoms with Crippen molar-refractivity contribution >= 4 is 55.3 Å². The number of amides is 2. The van der Waals surface area contributed by atoms with Crippen LogP contribution in [0, 0.1) is 28.9 Å². The smallest absolute Gasteiger partial charge is 0.417 e. The van der Waals surface area contributed by atoms with Crippen molar-refractivity contribution in [3.05, 3.63) is 41.0 Å². The average Bonchev–Trinajstić information content (AvgIpc) is 3.74. The van der Waals surface area contributed by atoms with Gasteiger partial charge < -0.3 is 29.0 Å². The maximum atomic E-state index is 17.4. The Hall–Kier alpha value is -5.06. The molecular formula is C40H43F5N6O7S. The van der Waals surface area contributed by atoms with E-state index in [1.807, 2.05) is 6.07 Å². The number of carbonyl (C=O) groups excluding carboxylic acids is 2. The molecule has 316 valence electrons. The fourth-order valence-corrected chi connectivity index (χ4v) is 8.82. The van der Waals surface area contributed by atoms with Crippen LogP contribution in [0.3, 0.4) is 0 Å². The number of nitrogens with zero attached hydrogens (tertiary/aromatic N) is 5. The van der Waals surface area contributed by atoms with Gasteiger partial charge in [0.15, 0.2) is 5.82 Å². The molecule has 2 amide bonds. The van der Waals surface area contributed by atoms with Crippen LogP contribution in [0.15, 0.2) is 18.2 Å². The summed E-state index contributed by atoms with van der Waals surface area (Å²) in [6.45, 7) is 11.8. The Kier molecular flexibility index (Phi) is 10.6. The quantitative estimate of drug-likeness (QED) is 0.180. The molecule has 4 atom stereocenters. The van der Waals surface area contributed by atoms with Crippen molar-refractivity contribution in [3.63, 3.8) is 0 Å². The van der Waals surface area contributed by atoms with Gasteiger partial charge in [0.1, 0.15) is 39.4 Å². The summed E-state index contributed by atoms with van der Waals surface area (Å²) < 4.78 is 101. The first kappa shape index (κ1) is 42.1. The van der Waals surface area contributed by atoms with Crippen molar-refractivity contribution < 1.29 is 55.6 Å². The molecule has 59 heavy (non-hydrogen) atoms. The zero-order valence-electron chi connectivity index (χ0n) is 33.3. The number of rotatable bonds is 6. The maximum absolute atomic E-state index is 17.4. The number of benzene rings is 2. The van der Waals surface area contributed by atoms with Gasteiger partial charge in [0.05, 0.1) is 53.3 Å². The van der Waals surface area contributed by atoms with Crippen LogP contribution in [0.2, 0.25) is 0 Å². The fourth-order valence-electron chi connectivity index (χ4n) is 7.75. The third kappa shape index (κ3) is 8.26. The lowest BCUT2D eigenvalue weighted by atomic mass is 9.92. The van der Waals surface area contributed by atoms with Crippen LogP contribution in [0.1, 0.15) is 72.4 Å². The highest BCUT2D eigenvalue weighted by atomic mass is 32.1. The van der Waals surface area contributed by atoms with Gasteiger partial charge in [-0.25, -0.2) is 18.4 Å². The molecule has 0 spiro atoms. The van der Waals surface area contributed by atoms with E-state index in [-0.39, 0.29) is 59.2 Å². The molecule has 0 saturated carbocycles. The summed E-state index contributed by atoms with van der Waals surface area (Å²) >= 11 is 0.581. The van der Waals surface area contributed by atoms with Crippen LogP contribution in [0.4, 0.5) is 42.4 Å². The van der Waals surface area contributed by atoms with Gasteiger partial charge in [0.25, 0.3) is 0 Å². The number of alkyl halides is 3. The first-order valence-corrected chi connectivity index (χ1v) is 19.7. The number of nitriles is 1. The van der Waals surface area contributed by atoms with E-state index in [4.69, 9.17) is 18.9 Å². The van der Waals surface area contributed by atoms with E-state index in [0.29, 0.717) is 24.2 Å². The fraction of sp³-hybridized carbons (Fsp3) is 0.525. The molecule has 4 unspecified atom stereocenters. The van der Waals surface area contributed by atoms with Crippen LogP contribution in [0.5, 0.6) is 6.01 Å². The molecule has 2 bridgehead atoms. The van der Waals surface area contributed by atoms with Crippen molar-refractivity contribution in [1.29, 1.82) is 5.26 Å². The van der Waals surface area contributed by atoms with E-state index >= 15 is 22.0 Å². The maximum Gasteiger partial charge on any atom is 0.417 e. The first-order chi connectivity index (χ1) is 27.5. The van der Waals surface area contributed by atoms with Gasteiger partial charge in [-0.1, -0.05) is 6.07 Å². The minimum atomic E-state index is -5.21. The van der Waals surface area contributed by atoms with Gasteiger partial charge in [-0.05, 0) is 79.0 Å². The minimum Gasteiger partial charge on any atom is -0.463 e. The lowest BCUT2D eigenvalue weighted by Gasteiger charge is -2.42. The highest BCUT2D eigenvalue weighted by molar-refractivity contribution is 7.23. The zero-order valence-corrected chi connectivity index (χ0v) is 34.2. The van der Waals surface area contributed by atoms with E-state index in [9.17, 15) is 20.0 Å². The highest BCUT2D eigenvalue weighted by Gasteiger charge is 2.46. The van der Waals surface area contributed by atoms with Crippen LogP contribution in [-0.2, 0) is 20.4 Å². The molecule has 19 heteroatoms. The number of hydrogen-bond donors (Lipinski definition) is 2. The van der Waals surface area contributed by atoms with Crippen molar-refractivity contribution in [2.75, 3.05) is 43.1 Å². The number of fused-ring (bicyclic) bond motifs is 4. The number of anilines is 2. The number of carbonyl (C=O) groups is 2. The normalized spacial score (nSPS) is 22.2. The van der Waals surface area contributed by atoms with E-state index in [0.717, 1.165) is 18.2 Å². The standard InChI is InChI=1S/C40H43F5N6O7S/c1-37(2,3)57-35(52)49-33-24(13-46)27-22(10-11-26(41)31(27)59-33)28-25(40(43,44)45)12-23-30(29(28)42)47-34(56-17-19-16-55-18-39(19,7)54)48-32(23)50-14-20-8-9-21(15-50)51(20)36(53)58-38(4,5)6/h10-12,19-21,54H,8-9,14-18H2,1-7H3,(H,49,52). The summed E-state index contributed by atoms with van der Waals surface area (Å²) in [7, 11) is 0. The van der Waals surface area contributed by atoms with Crippen LogP contribution >= 0.6 is 11.3 Å². The van der Waals surface area contributed by atoms with Crippen molar-refractivity contribution in [2.24, 2.45) is 5.92 Å². The SMILES string of the molecule is CC(C)(C)OC(=O)Nc1sc2c(F)ccc(-c3c(C(F)(F)F)cc4c(N5CC6CCC(C5)N6C(=O)OC(C)(C)C)nc(OCC5COCC5(C)O)nc4c3F)c2c1C#N. The number of ether oxygens (including phenoxy) is 4. The Morgan fingerprint density at radius 3 is 2.31 bits per heavy atom. The highest BCUT2D eigenvalue weighted by Crippen LogP contribution is 2.49. The minimum absolute atomic E-state index is 0.0299. The monoisotopic (exact) mass is 846 g/mol. The van der Waals surface area contributed by atoms with Gasteiger partial charge in [-0.15, -0.1) is 11.3 Å². The number of aromatic nitrogens is 2. The van der Waals surface area contributed by atoms with Crippen LogP contribution in [-0.4, -0.2) is 94.0 Å². The van der Waals surface area contributed by atoms with Gasteiger partial charge in [-0.3, -0.25) is 10.2 Å². The number of piperazine rings is 1. The second kappa shape index (κ2) is 14.9. The zero-order chi connectivity index (χ0) is 43.0. The topological polar surface area (TPSA) is 159 Å². The molecule has 13 nitrogen and oxygen atoms in total. The van der Waals surface area contributed by atoms with Crippen molar-refractivity contribution in [1.82, 2.24) is 14.9 Å². The van der Waals surface area contributed by atoms with Crippen LogP contribution < -0.4 is 15.0 Å². The summed E-state index contributed by atoms with van der Waals surface area (Å²) in [6, 6.07) is 3.14. The van der Waals surface area contributed by atoms with Crippen LogP contribution in [0.25, 0.3) is 32.1 Å². The Balaban J connectivity index is 1.40. The molecule has 2 aromatic carbocycles. The van der Waals surface area contributed by atoms with E-state index in [1.54, 1.807) is 58.3 Å². The number of nitrogens with one attached hydrogen (secondary N) is 1. The van der Waals surface area contributed by atoms with E-state index < -0.39 is 98.6 Å². The lowest BCUT2D eigenvalue weighted by Crippen LogP contribution is -2.57. The molecule has 3 saturated heterocycles. The summed E-state index contributed by atoms with van der Waals surface area (Å²) in [6.07, 6.45) is -5.59. The summed E-state index contributed by atoms with van der Waals surface area (Å²) in [5.41, 5.74) is -6.95. The molecule has 2 aromatic heterocycles. The third-order valence-electron chi connectivity index (χ3n) is 10.4. The van der Waals surface area contributed by atoms with E-state index in [2.05, 4.69) is 15.3 Å². The molecule has 0 radical (unpaired) electrons. The van der Waals surface area contributed by atoms with Gasteiger partial charge in [0, 0.05) is 35.3 Å². The molecular weight excluding hydrogens is 804 g/mol. The molecule has 3 fully saturated rings. The predicted octanol–water partition coefficient (Wildman–Crippen LogP) is 8.39. The number of thiophene rings is 1. The molecule has 3 aliphatic rings. The predicted molar refractivity (Wildman–Crippen MR) is 207 cm³/mol. The van der Waals surface area contributed by atoms with Crippen molar-refractivity contribution in [2.45, 2.75) is 96.4 Å². The third-order valence-corrected chi connectivity index (χ3v) is 11.5. The lowest BCUT2D eigenvalue weighted by molar-refractivity contribution is -0.137. The molecule has 3 aliphatic heterocycles. The summed E-state index contributed by atoms with van der Waals surface area (Å²) in [5.74, 6) is -3.02. The Labute approximate surface area is 340 Å². The van der Waals surface area contributed by atoms with Gasteiger partial charge >= 0.3 is 24.4 Å². The summed E-state index contributed by atoms with van der Waals surface area (Å²) in [4.78, 5) is 38.1. The average molecular weight is 847 g/mol. The Morgan fingerprint density at radius 2 is 1.73 bits per heavy atom. The molecule has 5 heterocycles. The van der Waals surface area contributed by atoms with E-state index in [1.165, 1.54) is 0 Å². The van der Waals surface area contributed by atoms with Gasteiger partial charge in [-0.2, -0.15) is 28.4 Å². The van der Waals surface area contributed by atoms with Gasteiger partial charge in [0.2, 0.25) is 0 Å². The largest absolute Gasteiger partial charge is 0.463 e.